The van der Waals surface area contributed by atoms with E-state index in [1.165, 1.54) is 0 Å². The topological polar surface area (TPSA) is 74.3 Å². The maximum atomic E-state index is 10.7. The van der Waals surface area contributed by atoms with Crippen LogP contribution in [0.1, 0.15) is 19.3 Å². The van der Waals surface area contributed by atoms with Crippen molar-refractivity contribution >= 4 is 10.1 Å². The highest BCUT2D eigenvalue weighted by Gasteiger charge is 2.48. The Morgan fingerprint density at radius 3 is 1.78 bits per heavy atom. The largest absolute Gasteiger partial charge is 0.298 e. The molecule has 0 saturated heterocycles. The Bertz CT molecular complexity index is 201. The maximum absolute atomic E-state index is 10.7. The molecule has 5 heteroatoms. The van der Waals surface area contributed by atoms with Gasteiger partial charge in [0.25, 0.3) is 10.1 Å². The molecule has 0 bridgehead atoms. The van der Waals surface area contributed by atoms with E-state index in [0.29, 0.717) is 6.42 Å². The first-order valence-corrected chi connectivity index (χ1v) is 4.07. The van der Waals surface area contributed by atoms with E-state index in [1.54, 1.807) is 0 Å². The van der Waals surface area contributed by atoms with Gasteiger partial charge in [-0.25, -0.2) is 5.11 Å². The quantitative estimate of drug-likeness (QED) is 0.543. The van der Waals surface area contributed by atoms with Crippen LogP contribution in [0.5, 0.6) is 0 Å². The van der Waals surface area contributed by atoms with Crippen LogP contribution >= 0.6 is 0 Å². The molecule has 4 nitrogen and oxygen atoms in total. The van der Waals surface area contributed by atoms with E-state index in [2.05, 4.69) is 0 Å². The van der Waals surface area contributed by atoms with Crippen LogP contribution in [0.4, 0.5) is 0 Å². The van der Waals surface area contributed by atoms with Crippen molar-refractivity contribution in [2.45, 2.75) is 24.2 Å². The van der Waals surface area contributed by atoms with Gasteiger partial charge in [-0.15, -0.1) is 0 Å². The summed E-state index contributed by atoms with van der Waals surface area (Å²) in [6.45, 7) is 0. The fourth-order valence-electron chi connectivity index (χ4n) is 0.723. The van der Waals surface area contributed by atoms with Crippen molar-refractivity contribution < 1.29 is 18.1 Å². The minimum Gasteiger partial charge on any atom is -0.283 e. The summed E-state index contributed by atoms with van der Waals surface area (Å²) >= 11 is 0. The molecule has 0 spiro atoms. The SMILES string of the molecule is [O]C1(S(=O)(=O)O)CCC1. The zero-order valence-electron chi connectivity index (χ0n) is 4.70. The predicted octanol–water partition coefficient (Wildman–Crippen LogP) is 0.185. The molecule has 1 aliphatic rings. The standard InChI is InChI=1S/C4H7O4S/c5-4(2-1-3-4)9(6,7)8/h1-3H2,(H,6,7,8). The number of rotatable bonds is 1. The van der Waals surface area contributed by atoms with E-state index in [1.807, 2.05) is 0 Å². The third kappa shape index (κ3) is 0.953. The lowest BCUT2D eigenvalue weighted by Gasteiger charge is -2.29. The molecule has 0 aromatic carbocycles. The van der Waals surface area contributed by atoms with Gasteiger partial charge in [0.15, 0.2) is 0 Å². The minimum atomic E-state index is -4.32. The average molecular weight is 151 g/mol. The van der Waals surface area contributed by atoms with Crippen molar-refractivity contribution in [3.05, 3.63) is 0 Å². The zero-order chi connectivity index (χ0) is 7.12. The summed E-state index contributed by atoms with van der Waals surface area (Å²) in [5, 5.41) is 10.7. The van der Waals surface area contributed by atoms with Crippen molar-refractivity contribution in [1.29, 1.82) is 0 Å². The molecule has 0 atom stereocenters. The van der Waals surface area contributed by atoms with Crippen molar-refractivity contribution in [3.63, 3.8) is 0 Å². The van der Waals surface area contributed by atoms with Gasteiger partial charge in [-0.05, 0) is 19.3 Å². The third-order valence-electron chi connectivity index (χ3n) is 1.59. The molecule has 0 unspecified atom stereocenters. The van der Waals surface area contributed by atoms with Gasteiger partial charge in [-0.1, -0.05) is 0 Å². The summed E-state index contributed by atoms with van der Waals surface area (Å²) in [7, 11) is -4.32. The lowest BCUT2D eigenvalue weighted by atomic mass is 9.96. The summed E-state index contributed by atoms with van der Waals surface area (Å²) in [5.74, 6) is 0. The molecule has 1 saturated carbocycles. The second kappa shape index (κ2) is 1.68. The van der Waals surface area contributed by atoms with Crippen LogP contribution in [0.25, 0.3) is 0 Å². The first kappa shape index (κ1) is 6.98. The molecule has 1 fully saturated rings. The third-order valence-corrected chi connectivity index (χ3v) is 2.93. The first-order chi connectivity index (χ1) is 3.96. The molecule has 1 aliphatic carbocycles. The number of hydrogen-bond acceptors (Lipinski definition) is 2. The molecule has 0 amide bonds. The molecule has 9 heavy (non-hydrogen) atoms. The summed E-state index contributed by atoms with van der Waals surface area (Å²) in [6, 6.07) is 0. The van der Waals surface area contributed by atoms with Crippen molar-refractivity contribution in [3.8, 4) is 0 Å². The van der Waals surface area contributed by atoms with E-state index in [-0.39, 0.29) is 12.8 Å². The van der Waals surface area contributed by atoms with Crippen LogP contribution in [0.2, 0.25) is 0 Å². The molecular weight excluding hydrogens is 144 g/mol. The highest BCUT2D eigenvalue weighted by molar-refractivity contribution is 7.87. The first-order valence-electron chi connectivity index (χ1n) is 2.63. The van der Waals surface area contributed by atoms with Crippen molar-refractivity contribution in [2.75, 3.05) is 0 Å². The molecule has 0 aromatic rings. The Morgan fingerprint density at radius 1 is 1.33 bits per heavy atom. The minimum absolute atomic E-state index is 0.0475. The summed E-state index contributed by atoms with van der Waals surface area (Å²) in [6.07, 6.45) is 0.695. The molecule has 0 aromatic heterocycles. The molecule has 1 radical (unpaired) electrons. The van der Waals surface area contributed by atoms with E-state index in [0.717, 1.165) is 0 Å². The molecule has 1 rings (SSSR count). The van der Waals surface area contributed by atoms with Gasteiger partial charge >= 0.3 is 0 Å². The molecule has 0 heterocycles. The van der Waals surface area contributed by atoms with Gasteiger partial charge in [-0.2, -0.15) is 8.42 Å². The fraction of sp³-hybridized carbons (Fsp3) is 1.00. The molecule has 53 valence electrons. The average Bonchev–Trinajstić information content (AvgIpc) is 1.57. The summed E-state index contributed by atoms with van der Waals surface area (Å²) in [4.78, 5) is -2.06. The van der Waals surface area contributed by atoms with Crippen molar-refractivity contribution in [1.82, 2.24) is 0 Å². The van der Waals surface area contributed by atoms with Gasteiger partial charge in [0.1, 0.15) is 0 Å². The van der Waals surface area contributed by atoms with Crippen LogP contribution in [0.15, 0.2) is 0 Å². The Hall–Kier alpha value is -0.130. The molecular formula is C4H7O4S. The summed E-state index contributed by atoms with van der Waals surface area (Å²) < 4.78 is 28.6. The normalized spacial score (nSPS) is 25.1. The molecule has 0 aliphatic heterocycles. The van der Waals surface area contributed by atoms with Crippen LogP contribution in [0, 0.1) is 0 Å². The van der Waals surface area contributed by atoms with E-state index >= 15 is 0 Å². The van der Waals surface area contributed by atoms with Crippen molar-refractivity contribution in [2.24, 2.45) is 0 Å². The predicted molar refractivity (Wildman–Crippen MR) is 28.8 cm³/mol. The maximum Gasteiger partial charge on any atom is 0.298 e. The van der Waals surface area contributed by atoms with Gasteiger partial charge in [0.05, 0.1) is 0 Å². The van der Waals surface area contributed by atoms with E-state index in [4.69, 9.17) is 4.55 Å². The second-order valence-corrected chi connectivity index (χ2v) is 3.93. The lowest BCUT2D eigenvalue weighted by molar-refractivity contribution is -0.0248. The van der Waals surface area contributed by atoms with Crippen LogP contribution < -0.4 is 0 Å². The summed E-state index contributed by atoms with van der Waals surface area (Å²) in [5.41, 5.74) is 0. The lowest BCUT2D eigenvalue weighted by Crippen LogP contribution is -2.43. The van der Waals surface area contributed by atoms with Gasteiger partial charge in [0, 0.05) is 0 Å². The van der Waals surface area contributed by atoms with E-state index < -0.39 is 15.1 Å². The van der Waals surface area contributed by atoms with Gasteiger partial charge in [0.2, 0.25) is 4.93 Å². The Morgan fingerprint density at radius 2 is 1.78 bits per heavy atom. The van der Waals surface area contributed by atoms with Crippen LogP contribution in [0.3, 0.4) is 0 Å². The second-order valence-electron chi connectivity index (χ2n) is 2.24. The Balaban J connectivity index is 2.84. The fourth-order valence-corrected chi connectivity index (χ4v) is 1.53. The van der Waals surface area contributed by atoms with E-state index in [9.17, 15) is 13.5 Å². The highest BCUT2D eigenvalue weighted by atomic mass is 32.2. The Kier molecular flexibility index (Phi) is 1.30. The monoisotopic (exact) mass is 151 g/mol. The molecule has 1 N–H and O–H groups in total. The number of hydrogen-bond donors (Lipinski definition) is 1. The Labute approximate surface area is 53.3 Å². The van der Waals surface area contributed by atoms with Gasteiger partial charge < -0.3 is 0 Å². The smallest absolute Gasteiger partial charge is 0.283 e. The zero-order valence-corrected chi connectivity index (χ0v) is 5.52. The van der Waals surface area contributed by atoms with Crippen LogP contribution in [-0.2, 0) is 15.2 Å². The highest BCUT2D eigenvalue weighted by Crippen LogP contribution is 2.36. The van der Waals surface area contributed by atoms with Crippen LogP contribution in [-0.4, -0.2) is 17.9 Å². The van der Waals surface area contributed by atoms with Gasteiger partial charge in [-0.3, -0.25) is 4.55 Å².